The molecule has 0 unspecified atom stereocenters. The molecule has 1 aliphatic heterocycles. The van der Waals surface area contributed by atoms with E-state index in [1.54, 1.807) is 11.8 Å². The smallest absolute Gasteiger partial charge is 0.328 e. The van der Waals surface area contributed by atoms with E-state index in [2.05, 4.69) is 25.5 Å². The molecule has 0 atom stereocenters. The molecule has 1 aromatic carbocycles. The summed E-state index contributed by atoms with van der Waals surface area (Å²) in [5, 5.41) is 5.99. The van der Waals surface area contributed by atoms with Crippen molar-refractivity contribution in [1.29, 1.82) is 0 Å². The second kappa shape index (κ2) is 11.5. The highest BCUT2D eigenvalue weighted by Crippen LogP contribution is 2.23. The molecule has 3 N–H and O–H groups in total. The van der Waals surface area contributed by atoms with Gasteiger partial charge in [-0.3, -0.25) is 23.9 Å². The standard InChI is InChI=1S/C25H30N8O4/c1-17-15-33(25(37)30-24(17)36)16-22(35)32-12-10-31(11-13-32)21-14-20(27-9-8-26-18(2)34)28-23(29-21)19-6-4-3-5-7-19/h3-7,14-15H,8-13,16H2,1-2H3,(H,26,34)(H,27,28,29)(H,30,36,37). The molecule has 0 saturated carbocycles. The molecule has 3 aromatic rings. The van der Waals surface area contributed by atoms with Crippen LogP contribution in [0.1, 0.15) is 12.5 Å². The van der Waals surface area contributed by atoms with E-state index in [1.807, 2.05) is 36.4 Å². The Hall–Kier alpha value is -4.48. The molecule has 0 radical (unpaired) electrons. The molecular formula is C25H30N8O4. The molecule has 194 valence electrons. The molecule has 0 spiro atoms. The Morgan fingerprint density at radius 3 is 2.46 bits per heavy atom. The zero-order valence-corrected chi connectivity index (χ0v) is 20.9. The van der Waals surface area contributed by atoms with Gasteiger partial charge in [-0.2, -0.15) is 0 Å². The van der Waals surface area contributed by atoms with E-state index in [0.29, 0.717) is 56.5 Å². The van der Waals surface area contributed by atoms with Gasteiger partial charge in [0.15, 0.2) is 5.82 Å². The molecule has 0 bridgehead atoms. The van der Waals surface area contributed by atoms with Gasteiger partial charge >= 0.3 is 5.69 Å². The summed E-state index contributed by atoms with van der Waals surface area (Å²) in [6.45, 7) is 5.95. The van der Waals surface area contributed by atoms with Crippen molar-refractivity contribution in [3.8, 4) is 11.4 Å². The highest BCUT2D eigenvalue weighted by molar-refractivity contribution is 5.76. The zero-order chi connectivity index (χ0) is 26.4. The maximum Gasteiger partial charge on any atom is 0.328 e. The summed E-state index contributed by atoms with van der Waals surface area (Å²) in [7, 11) is 0. The molecule has 2 aromatic heterocycles. The average Bonchev–Trinajstić information content (AvgIpc) is 2.90. The van der Waals surface area contributed by atoms with Gasteiger partial charge in [0.1, 0.15) is 18.2 Å². The van der Waals surface area contributed by atoms with E-state index >= 15 is 0 Å². The summed E-state index contributed by atoms with van der Waals surface area (Å²) >= 11 is 0. The van der Waals surface area contributed by atoms with Gasteiger partial charge in [-0.25, -0.2) is 14.8 Å². The number of amides is 2. The maximum atomic E-state index is 12.8. The van der Waals surface area contributed by atoms with E-state index in [-0.39, 0.29) is 18.4 Å². The van der Waals surface area contributed by atoms with Crippen molar-refractivity contribution in [2.24, 2.45) is 0 Å². The van der Waals surface area contributed by atoms with Gasteiger partial charge in [-0.05, 0) is 6.92 Å². The van der Waals surface area contributed by atoms with Crippen molar-refractivity contribution >= 4 is 23.5 Å². The Morgan fingerprint density at radius 1 is 1.03 bits per heavy atom. The van der Waals surface area contributed by atoms with Crippen molar-refractivity contribution in [1.82, 2.24) is 29.7 Å². The highest BCUT2D eigenvalue weighted by atomic mass is 16.2. The molecular weight excluding hydrogens is 476 g/mol. The fourth-order valence-electron chi connectivity index (χ4n) is 4.00. The van der Waals surface area contributed by atoms with Crippen LogP contribution in [-0.2, 0) is 16.1 Å². The number of nitrogens with one attached hydrogen (secondary N) is 3. The second-order valence-electron chi connectivity index (χ2n) is 8.78. The van der Waals surface area contributed by atoms with Crippen LogP contribution in [0.25, 0.3) is 11.4 Å². The summed E-state index contributed by atoms with van der Waals surface area (Å²) < 4.78 is 1.22. The number of benzene rings is 1. The lowest BCUT2D eigenvalue weighted by Crippen LogP contribution is -2.50. The molecule has 3 heterocycles. The number of carbonyl (C=O) groups is 2. The van der Waals surface area contributed by atoms with Crippen LogP contribution in [-0.4, -0.2) is 75.5 Å². The summed E-state index contributed by atoms with van der Waals surface area (Å²) in [6, 6.07) is 11.5. The minimum absolute atomic E-state index is 0.0943. The summed E-state index contributed by atoms with van der Waals surface area (Å²) in [5.41, 5.74) is 0.197. The Bertz CT molecular complexity index is 1380. The quantitative estimate of drug-likeness (QED) is 0.368. The van der Waals surface area contributed by atoms with Crippen molar-refractivity contribution < 1.29 is 9.59 Å². The van der Waals surface area contributed by atoms with Crippen molar-refractivity contribution in [2.75, 3.05) is 49.5 Å². The maximum absolute atomic E-state index is 12.8. The molecule has 12 nitrogen and oxygen atoms in total. The SMILES string of the molecule is CC(=O)NCCNc1cc(N2CCN(C(=O)Cn3cc(C)c(=O)[nH]c3=O)CC2)nc(-c2ccccc2)n1. The van der Waals surface area contributed by atoms with Crippen molar-refractivity contribution in [2.45, 2.75) is 20.4 Å². The van der Waals surface area contributed by atoms with Crippen LogP contribution in [0.3, 0.4) is 0 Å². The van der Waals surface area contributed by atoms with Crippen LogP contribution in [0.4, 0.5) is 11.6 Å². The number of piperazine rings is 1. The van der Waals surface area contributed by atoms with E-state index in [1.165, 1.54) is 17.7 Å². The van der Waals surface area contributed by atoms with Gasteiger partial charge in [-0.1, -0.05) is 30.3 Å². The lowest BCUT2D eigenvalue weighted by atomic mass is 10.2. The number of aryl methyl sites for hydroxylation is 1. The van der Waals surface area contributed by atoms with E-state index in [9.17, 15) is 19.2 Å². The molecule has 1 fully saturated rings. The number of nitrogens with zero attached hydrogens (tertiary/aromatic N) is 5. The number of aromatic nitrogens is 4. The number of hydrogen-bond donors (Lipinski definition) is 3. The zero-order valence-electron chi connectivity index (χ0n) is 20.9. The van der Waals surface area contributed by atoms with Gasteiger partial charge < -0.3 is 20.4 Å². The average molecular weight is 507 g/mol. The van der Waals surface area contributed by atoms with Crippen LogP contribution < -0.4 is 26.8 Å². The Labute approximate surface area is 213 Å². The number of rotatable bonds is 8. The lowest BCUT2D eigenvalue weighted by Gasteiger charge is -2.35. The largest absolute Gasteiger partial charge is 0.368 e. The first-order valence-corrected chi connectivity index (χ1v) is 12.1. The molecule has 12 heteroatoms. The first kappa shape index (κ1) is 25.6. The number of aromatic amines is 1. The molecule has 37 heavy (non-hydrogen) atoms. The van der Waals surface area contributed by atoms with Crippen LogP contribution in [0.5, 0.6) is 0 Å². The van der Waals surface area contributed by atoms with Crippen LogP contribution in [0, 0.1) is 6.92 Å². The van der Waals surface area contributed by atoms with Crippen molar-refractivity contribution in [3.63, 3.8) is 0 Å². The van der Waals surface area contributed by atoms with Crippen LogP contribution in [0.15, 0.2) is 52.2 Å². The van der Waals surface area contributed by atoms with Crippen LogP contribution >= 0.6 is 0 Å². The van der Waals surface area contributed by atoms with Gasteiger partial charge in [0.2, 0.25) is 11.8 Å². The lowest BCUT2D eigenvalue weighted by molar-refractivity contribution is -0.132. The van der Waals surface area contributed by atoms with Gasteiger partial charge in [0, 0.05) is 69.6 Å². The molecule has 1 aliphatic rings. The van der Waals surface area contributed by atoms with Gasteiger partial charge in [-0.15, -0.1) is 0 Å². The monoisotopic (exact) mass is 506 g/mol. The fraction of sp³-hybridized carbons (Fsp3) is 0.360. The van der Waals surface area contributed by atoms with E-state index in [4.69, 9.17) is 4.98 Å². The first-order valence-electron chi connectivity index (χ1n) is 12.1. The van der Waals surface area contributed by atoms with Crippen LogP contribution in [0.2, 0.25) is 0 Å². The Morgan fingerprint density at radius 2 is 1.76 bits per heavy atom. The Balaban J connectivity index is 1.45. The topological polar surface area (TPSA) is 145 Å². The highest BCUT2D eigenvalue weighted by Gasteiger charge is 2.23. The molecule has 1 saturated heterocycles. The first-order chi connectivity index (χ1) is 17.8. The summed E-state index contributed by atoms with van der Waals surface area (Å²) in [6.07, 6.45) is 1.40. The number of carbonyl (C=O) groups excluding carboxylic acids is 2. The molecule has 2 amide bonds. The second-order valence-corrected chi connectivity index (χ2v) is 8.78. The van der Waals surface area contributed by atoms with Crippen molar-refractivity contribution in [3.05, 3.63) is 69.0 Å². The third kappa shape index (κ3) is 6.60. The predicted molar refractivity (Wildman–Crippen MR) is 139 cm³/mol. The molecule has 0 aliphatic carbocycles. The van der Waals surface area contributed by atoms with Gasteiger partial charge in [0.25, 0.3) is 5.56 Å². The van der Waals surface area contributed by atoms with E-state index in [0.717, 1.165) is 11.4 Å². The number of anilines is 2. The fourth-order valence-corrected chi connectivity index (χ4v) is 4.00. The number of hydrogen-bond acceptors (Lipinski definition) is 8. The minimum Gasteiger partial charge on any atom is -0.368 e. The summed E-state index contributed by atoms with van der Waals surface area (Å²) in [5.74, 6) is 1.66. The minimum atomic E-state index is -0.601. The summed E-state index contributed by atoms with van der Waals surface area (Å²) in [4.78, 5) is 63.0. The number of H-pyrrole nitrogens is 1. The third-order valence-electron chi connectivity index (χ3n) is 6.00. The van der Waals surface area contributed by atoms with Gasteiger partial charge in [0.05, 0.1) is 0 Å². The third-order valence-corrected chi connectivity index (χ3v) is 6.00. The normalized spacial score (nSPS) is 13.4. The predicted octanol–water partition coefficient (Wildman–Crippen LogP) is 0.199. The Kier molecular flexibility index (Phi) is 7.96. The molecule has 4 rings (SSSR count). The van der Waals surface area contributed by atoms with E-state index < -0.39 is 11.2 Å².